The molecule has 0 radical (unpaired) electrons. The van der Waals surface area contributed by atoms with Gasteiger partial charge in [-0.3, -0.25) is 0 Å². The Bertz CT molecular complexity index is 639. The van der Waals surface area contributed by atoms with E-state index in [0.29, 0.717) is 0 Å². The van der Waals surface area contributed by atoms with Crippen molar-refractivity contribution in [3.63, 3.8) is 0 Å². The highest BCUT2D eigenvalue weighted by atomic mass is 35.5. The number of halogens is 16. The Kier molecular flexibility index (Phi) is 12.7. The summed E-state index contributed by atoms with van der Waals surface area (Å²) in [4.78, 5) is 0. The van der Waals surface area contributed by atoms with E-state index in [4.69, 9.17) is 23.2 Å². The first-order valence-corrected chi connectivity index (χ1v) is 7.19. The summed E-state index contributed by atoms with van der Waals surface area (Å²) in [5.74, 6) is -5.67. The highest BCUT2D eigenvalue weighted by Crippen LogP contribution is 2.47. The monoisotopic (exact) mass is 548 g/mol. The average Bonchev–Trinajstić information content (AvgIpc) is 2.56. The molecule has 0 spiro atoms. The molecule has 0 aliphatic carbocycles. The van der Waals surface area contributed by atoms with Crippen LogP contribution in [0.1, 0.15) is 0 Å². The van der Waals surface area contributed by atoms with Crippen LogP contribution < -0.4 is 0 Å². The van der Waals surface area contributed by atoms with Gasteiger partial charge in [-0.2, -0.15) is 61.5 Å². The van der Waals surface area contributed by atoms with Crippen LogP contribution in [0.5, 0.6) is 0 Å². The van der Waals surface area contributed by atoms with Crippen molar-refractivity contribution in [3.05, 3.63) is 49.4 Å². The third-order valence-electron chi connectivity index (χ3n) is 1.94. The molecular weight excluding hydrogens is 545 g/mol. The van der Waals surface area contributed by atoms with E-state index in [-0.39, 0.29) is 12.5 Å². The maximum atomic E-state index is 12.3. The summed E-state index contributed by atoms with van der Waals surface area (Å²) in [6.07, 6.45) is -26.2. The minimum atomic E-state index is -6.46. The minimum absolute atomic E-state index is 0.135. The Hall–Kier alpha value is -2.24. The van der Waals surface area contributed by atoms with Crippen LogP contribution in [0.4, 0.5) is 61.5 Å². The largest absolute Gasteiger partial charge is 0.478 e. The van der Waals surface area contributed by atoms with E-state index in [1.165, 1.54) is 0 Å². The second-order valence-electron chi connectivity index (χ2n) is 4.18. The Labute approximate surface area is 176 Å². The van der Waals surface area contributed by atoms with E-state index in [1.807, 2.05) is 0 Å². The van der Waals surface area contributed by atoms with Gasteiger partial charge in [0.15, 0.2) is 25.0 Å². The maximum Gasteiger partial charge on any atom is 0.478 e. The number of rotatable bonds is 8. The van der Waals surface area contributed by atoms with Crippen molar-refractivity contribution in [3.8, 4) is 0 Å². The van der Waals surface area contributed by atoms with Gasteiger partial charge in [0.25, 0.3) is 0 Å². The van der Waals surface area contributed by atoms with Crippen molar-refractivity contribution < 1.29 is 80.4 Å². The van der Waals surface area contributed by atoms with Crippen LogP contribution in [-0.4, -0.2) is 22.8 Å². The lowest BCUT2D eigenvalue weighted by atomic mass is 10.2. The predicted octanol–water partition coefficient (Wildman–Crippen LogP) is 7.90. The van der Waals surface area contributed by atoms with Crippen LogP contribution in [0.3, 0.4) is 0 Å². The lowest BCUT2D eigenvalue weighted by molar-refractivity contribution is -0.446. The lowest BCUT2D eigenvalue weighted by Gasteiger charge is -2.33. The molecule has 0 aromatic rings. The molecule has 0 aliphatic rings. The summed E-state index contributed by atoms with van der Waals surface area (Å²) in [5, 5.41) is 0. The van der Waals surface area contributed by atoms with Crippen molar-refractivity contribution in [1.29, 1.82) is 0 Å². The molecule has 0 unspecified atom stereocenters. The van der Waals surface area contributed by atoms with Crippen LogP contribution >= 0.6 is 23.2 Å². The summed E-state index contributed by atoms with van der Waals surface area (Å²) in [7, 11) is 0. The average molecular weight is 549 g/mol. The highest BCUT2D eigenvalue weighted by Gasteiger charge is 2.77. The Balaban J connectivity index is 0. The Morgan fingerprint density at radius 3 is 0.875 bits per heavy atom. The molecule has 0 fully saturated rings. The van der Waals surface area contributed by atoms with Gasteiger partial charge in [0, 0.05) is 0 Å². The second-order valence-corrected chi connectivity index (χ2v) is 5.37. The fraction of sp³-hybridized carbons (Fsp3) is 0.333. The molecule has 0 aromatic carbocycles. The van der Waals surface area contributed by atoms with Crippen LogP contribution in [0.15, 0.2) is 49.4 Å². The predicted molar refractivity (Wildman–Crippen MR) is 74.8 cm³/mol. The summed E-state index contributed by atoms with van der Waals surface area (Å²) in [5.41, 5.74) is 0. The van der Waals surface area contributed by atoms with Gasteiger partial charge < -0.3 is 18.9 Å². The summed E-state index contributed by atoms with van der Waals surface area (Å²) >= 11 is 9.98. The molecule has 188 valence electrons. The number of hydrogen-bond donors (Lipinski definition) is 0. The Morgan fingerprint density at radius 1 is 0.469 bits per heavy atom. The molecule has 0 aliphatic heterocycles. The zero-order chi connectivity index (χ0) is 26.0. The van der Waals surface area contributed by atoms with Gasteiger partial charge in [0.2, 0.25) is 0 Å². The van der Waals surface area contributed by atoms with Gasteiger partial charge in [-0.25, -0.2) is 0 Å². The molecule has 0 rings (SSSR count). The lowest BCUT2D eigenvalue weighted by Crippen LogP contribution is -2.59. The van der Waals surface area contributed by atoms with Crippen molar-refractivity contribution in [2.24, 2.45) is 0 Å². The van der Waals surface area contributed by atoms with Crippen molar-refractivity contribution in [2.75, 3.05) is 0 Å². The molecule has 0 saturated heterocycles. The van der Waals surface area contributed by atoms with Gasteiger partial charge in [-0.15, -0.1) is 0 Å². The molecule has 0 bridgehead atoms. The van der Waals surface area contributed by atoms with Gasteiger partial charge >= 0.3 is 47.2 Å². The summed E-state index contributed by atoms with van der Waals surface area (Å²) < 4.78 is 176. The Morgan fingerprint density at radius 2 is 0.688 bits per heavy atom. The maximum absolute atomic E-state index is 12.3. The van der Waals surface area contributed by atoms with Gasteiger partial charge in [0.1, 0.15) is 0 Å². The number of hydrogen-bond acceptors (Lipinski definition) is 4. The first-order chi connectivity index (χ1) is 14.2. The van der Waals surface area contributed by atoms with Crippen LogP contribution in [0, 0.1) is 0 Å². The van der Waals surface area contributed by atoms with Gasteiger partial charge in [-0.1, -0.05) is 0 Å². The minimum Gasteiger partial charge on any atom is -0.440 e. The highest BCUT2D eigenvalue weighted by molar-refractivity contribution is 6.46. The topological polar surface area (TPSA) is 36.9 Å². The molecule has 0 amide bonds. The van der Waals surface area contributed by atoms with E-state index >= 15 is 0 Å². The molecule has 0 saturated carbocycles. The second kappa shape index (κ2) is 12.7. The van der Waals surface area contributed by atoms with Crippen LogP contribution in [-0.2, 0) is 18.9 Å². The van der Waals surface area contributed by atoms with Crippen molar-refractivity contribution in [2.45, 2.75) is 22.8 Å². The molecule has 0 atom stereocenters. The number of ether oxygens (including phenoxy) is 4. The van der Waals surface area contributed by atoms with E-state index in [1.54, 1.807) is 0 Å². The smallest absolute Gasteiger partial charge is 0.440 e. The van der Waals surface area contributed by atoms with Gasteiger partial charge in [-0.05, 0) is 23.2 Å². The summed E-state index contributed by atoms with van der Waals surface area (Å²) in [6.45, 7) is 0. The molecular formula is C12H4Cl2F14O4. The fourth-order valence-corrected chi connectivity index (χ4v) is 1.14. The van der Waals surface area contributed by atoms with E-state index in [0.717, 1.165) is 0 Å². The zero-order valence-electron chi connectivity index (χ0n) is 14.0. The number of alkyl halides is 8. The molecule has 0 N–H and O–H groups in total. The SMILES string of the molecule is FC(F)=COC(Cl)(Cl)OC=C(F)F.FC(F)=COC(OC=C(F)F)(C(F)(F)F)C(F)(F)F. The summed E-state index contributed by atoms with van der Waals surface area (Å²) in [6, 6.07) is 0. The van der Waals surface area contributed by atoms with E-state index < -0.39 is 59.7 Å². The van der Waals surface area contributed by atoms with Crippen LogP contribution in [0.2, 0.25) is 0 Å². The molecule has 32 heavy (non-hydrogen) atoms. The fourth-order valence-electron chi connectivity index (χ4n) is 0.965. The first kappa shape index (κ1) is 31.9. The molecule has 0 heterocycles. The van der Waals surface area contributed by atoms with E-state index in [9.17, 15) is 61.5 Å². The zero-order valence-corrected chi connectivity index (χ0v) is 15.5. The van der Waals surface area contributed by atoms with Crippen LogP contribution in [0.25, 0.3) is 0 Å². The van der Waals surface area contributed by atoms with E-state index in [2.05, 4.69) is 18.9 Å². The quantitative estimate of drug-likeness (QED) is 0.134. The van der Waals surface area contributed by atoms with Crippen molar-refractivity contribution >= 4 is 23.2 Å². The van der Waals surface area contributed by atoms with Crippen molar-refractivity contribution in [1.82, 2.24) is 0 Å². The molecule has 0 aromatic heterocycles. The third kappa shape index (κ3) is 12.6. The standard InChI is InChI=1S/C7H2F10O2.C5H2Cl2F4O2/c8-3(9)1-18-5(6(12,13)14,7(15,16)17)19-2-4(10)11;6-5(7,12-1-3(8)9)13-2-4(10)11/h1-2H;1-2H. The normalized spacial score (nSPS) is 11.8. The third-order valence-corrected chi connectivity index (χ3v) is 2.30. The molecule has 4 nitrogen and oxygen atoms in total. The van der Waals surface area contributed by atoms with Gasteiger partial charge in [0.05, 0.1) is 0 Å². The molecule has 20 heteroatoms. The first-order valence-electron chi connectivity index (χ1n) is 6.44.